The van der Waals surface area contributed by atoms with Crippen molar-refractivity contribution in [1.82, 2.24) is 0 Å². The van der Waals surface area contributed by atoms with Crippen LogP contribution in [-0.2, 0) is 0 Å². The maximum absolute atomic E-state index is 12.6. The lowest BCUT2D eigenvalue weighted by Crippen LogP contribution is -2.30. The molecule has 0 aliphatic carbocycles. The van der Waals surface area contributed by atoms with Gasteiger partial charge in [-0.25, -0.2) is 14.5 Å². The fourth-order valence-corrected chi connectivity index (χ4v) is 2.82. The molecule has 0 radical (unpaired) electrons. The number of rotatable bonds is 3. The smallest absolute Gasteiger partial charge is 0.339 e. The van der Waals surface area contributed by atoms with Gasteiger partial charge in [-0.05, 0) is 18.2 Å². The maximum atomic E-state index is 12.6. The van der Waals surface area contributed by atoms with Gasteiger partial charge in [0.2, 0.25) is 0 Å². The molecule has 1 aliphatic rings. The van der Waals surface area contributed by atoms with E-state index >= 15 is 0 Å². The number of nitrogens with zero attached hydrogens (tertiary/aromatic N) is 1. The molecule has 25 heavy (non-hydrogen) atoms. The summed E-state index contributed by atoms with van der Waals surface area (Å²) in [5.74, 6) is -5.27. The minimum Gasteiger partial charge on any atom is -0.507 e. The summed E-state index contributed by atoms with van der Waals surface area (Å²) in [5, 5.41) is 27.7. The van der Waals surface area contributed by atoms with E-state index in [-0.39, 0.29) is 27.4 Å². The van der Waals surface area contributed by atoms with Crippen LogP contribution in [-0.4, -0.2) is 39.1 Å². The Bertz CT molecular complexity index is 983. The molecule has 1 aliphatic heterocycles. The van der Waals surface area contributed by atoms with Crippen LogP contribution < -0.4 is 4.90 Å². The highest BCUT2D eigenvalue weighted by Gasteiger charge is 2.40. The van der Waals surface area contributed by atoms with Gasteiger partial charge in [0.15, 0.2) is 0 Å². The van der Waals surface area contributed by atoms with E-state index in [0.717, 1.165) is 12.1 Å². The number of carboxylic acids is 2. The molecule has 9 heteroatoms. The number of carbonyl (C=O) groups is 4. The largest absolute Gasteiger partial charge is 0.507 e. The van der Waals surface area contributed by atoms with Gasteiger partial charge in [0, 0.05) is 6.07 Å². The van der Waals surface area contributed by atoms with Crippen LogP contribution in [0.2, 0.25) is 5.02 Å². The number of anilines is 1. The Morgan fingerprint density at radius 2 is 1.60 bits per heavy atom. The lowest BCUT2D eigenvalue weighted by atomic mass is 10.0. The zero-order valence-electron chi connectivity index (χ0n) is 12.2. The second-order valence-corrected chi connectivity index (χ2v) is 5.51. The van der Waals surface area contributed by atoms with Crippen molar-refractivity contribution in [2.75, 3.05) is 4.90 Å². The fourth-order valence-electron chi connectivity index (χ4n) is 2.58. The molecule has 2 aromatic carbocycles. The number of carbonyl (C=O) groups excluding carboxylic acids is 2. The van der Waals surface area contributed by atoms with Gasteiger partial charge in [-0.3, -0.25) is 9.59 Å². The Kier molecular flexibility index (Phi) is 3.69. The highest BCUT2D eigenvalue weighted by Crippen LogP contribution is 2.38. The molecule has 8 nitrogen and oxygen atoms in total. The van der Waals surface area contributed by atoms with Crippen LogP contribution in [0, 0.1) is 0 Å². The Morgan fingerprint density at radius 3 is 2.20 bits per heavy atom. The average Bonchev–Trinajstić information content (AvgIpc) is 2.80. The molecule has 3 rings (SSSR count). The molecule has 0 spiro atoms. The molecule has 0 saturated heterocycles. The number of aromatic hydroxyl groups is 1. The van der Waals surface area contributed by atoms with Crippen LogP contribution in [0.5, 0.6) is 5.75 Å². The molecule has 0 fully saturated rings. The van der Waals surface area contributed by atoms with E-state index in [1.165, 1.54) is 18.2 Å². The number of phenols is 1. The van der Waals surface area contributed by atoms with Gasteiger partial charge in [0.25, 0.3) is 11.8 Å². The normalized spacial score (nSPS) is 13.1. The second-order valence-electron chi connectivity index (χ2n) is 5.10. The number of amides is 2. The van der Waals surface area contributed by atoms with Crippen molar-refractivity contribution in [2.24, 2.45) is 0 Å². The van der Waals surface area contributed by atoms with E-state index in [1.54, 1.807) is 0 Å². The first-order chi connectivity index (χ1) is 11.7. The standard InChI is InChI=1S/C16H8ClNO7/c17-9-4-8(16(24)25)11(19)5-10(9)18-13(20)6-2-1-3-7(15(22)23)12(6)14(18)21/h1-5,19H,(H,22,23)(H,24,25). The van der Waals surface area contributed by atoms with Crippen molar-refractivity contribution in [1.29, 1.82) is 0 Å². The summed E-state index contributed by atoms with van der Waals surface area (Å²) in [5.41, 5.74) is -1.51. The number of hydrogen-bond acceptors (Lipinski definition) is 5. The van der Waals surface area contributed by atoms with Crippen molar-refractivity contribution >= 4 is 41.0 Å². The van der Waals surface area contributed by atoms with Gasteiger partial charge < -0.3 is 15.3 Å². The first-order valence-corrected chi connectivity index (χ1v) is 7.12. The first-order valence-electron chi connectivity index (χ1n) is 6.75. The quantitative estimate of drug-likeness (QED) is 0.714. The third kappa shape index (κ3) is 2.39. The summed E-state index contributed by atoms with van der Waals surface area (Å²) in [6.07, 6.45) is 0. The number of fused-ring (bicyclic) bond motifs is 1. The van der Waals surface area contributed by atoms with E-state index in [4.69, 9.17) is 16.7 Å². The summed E-state index contributed by atoms with van der Waals surface area (Å²) in [4.78, 5) is 48.0. The molecule has 2 aromatic rings. The molecule has 3 N–H and O–H groups in total. The summed E-state index contributed by atoms with van der Waals surface area (Å²) in [6, 6.07) is 5.57. The number of imide groups is 1. The van der Waals surface area contributed by atoms with Gasteiger partial charge in [-0.15, -0.1) is 0 Å². The third-order valence-electron chi connectivity index (χ3n) is 3.68. The maximum Gasteiger partial charge on any atom is 0.339 e. The lowest BCUT2D eigenvalue weighted by Gasteiger charge is -2.16. The molecule has 126 valence electrons. The van der Waals surface area contributed by atoms with Crippen LogP contribution >= 0.6 is 11.6 Å². The van der Waals surface area contributed by atoms with Crippen LogP contribution in [0.3, 0.4) is 0 Å². The second kappa shape index (κ2) is 5.60. The number of benzene rings is 2. The zero-order chi connectivity index (χ0) is 18.5. The third-order valence-corrected chi connectivity index (χ3v) is 3.98. The van der Waals surface area contributed by atoms with E-state index in [1.807, 2.05) is 0 Å². The van der Waals surface area contributed by atoms with Crippen LogP contribution in [0.4, 0.5) is 5.69 Å². The Morgan fingerprint density at radius 1 is 0.960 bits per heavy atom. The van der Waals surface area contributed by atoms with E-state index < -0.39 is 35.1 Å². The van der Waals surface area contributed by atoms with Gasteiger partial charge in [-0.1, -0.05) is 17.7 Å². The summed E-state index contributed by atoms with van der Waals surface area (Å²) in [7, 11) is 0. The summed E-state index contributed by atoms with van der Waals surface area (Å²) < 4.78 is 0. The van der Waals surface area contributed by atoms with E-state index in [9.17, 15) is 29.4 Å². The molecule has 0 unspecified atom stereocenters. The van der Waals surface area contributed by atoms with E-state index in [0.29, 0.717) is 4.90 Å². The molecule has 0 aromatic heterocycles. The molecule has 2 amide bonds. The molecule has 0 atom stereocenters. The van der Waals surface area contributed by atoms with Crippen molar-refractivity contribution in [2.45, 2.75) is 0 Å². The minimum absolute atomic E-state index is 0.122. The van der Waals surface area contributed by atoms with Gasteiger partial charge in [0.1, 0.15) is 11.3 Å². The minimum atomic E-state index is -1.44. The Balaban J connectivity index is 2.18. The van der Waals surface area contributed by atoms with Gasteiger partial charge in [0.05, 0.1) is 27.4 Å². The van der Waals surface area contributed by atoms with Crippen LogP contribution in [0.25, 0.3) is 0 Å². The Hall–Kier alpha value is -3.39. The average molecular weight is 362 g/mol. The molecular formula is C16H8ClNO7. The predicted octanol–water partition coefficient (Wildman–Crippen LogP) is 2.24. The van der Waals surface area contributed by atoms with Crippen LogP contribution in [0.1, 0.15) is 41.4 Å². The number of halogens is 1. The number of carboxylic acid groups (broad SMARTS) is 2. The molecule has 0 bridgehead atoms. The highest BCUT2D eigenvalue weighted by atomic mass is 35.5. The lowest BCUT2D eigenvalue weighted by molar-refractivity contribution is 0.0682. The monoisotopic (exact) mass is 361 g/mol. The molecule has 0 saturated carbocycles. The number of aromatic carboxylic acids is 2. The van der Waals surface area contributed by atoms with Crippen LogP contribution in [0.15, 0.2) is 30.3 Å². The van der Waals surface area contributed by atoms with Gasteiger partial charge >= 0.3 is 11.9 Å². The van der Waals surface area contributed by atoms with Crippen molar-refractivity contribution in [3.8, 4) is 5.75 Å². The van der Waals surface area contributed by atoms with Crippen molar-refractivity contribution in [3.63, 3.8) is 0 Å². The Labute approximate surface area is 144 Å². The number of hydrogen-bond donors (Lipinski definition) is 3. The van der Waals surface area contributed by atoms with Crippen molar-refractivity contribution in [3.05, 3.63) is 57.6 Å². The summed E-state index contributed by atoms with van der Waals surface area (Å²) in [6.45, 7) is 0. The van der Waals surface area contributed by atoms with E-state index in [2.05, 4.69) is 0 Å². The van der Waals surface area contributed by atoms with Crippen molar-refractivity contribution < 1.29 is 34.5 Å². The topological polar surface area (TPSA) is 132 Å². The van der Waals surface area contributed by atoms with Gasteiger partial charge in [-0.2, -0.15) is 0 Å². The predicted molar refractivity (Wildman–Crippen MR) is 84.6 cm³/mol. The SMILES string of the molecule is O=C(O)c1cc(Cl)c(N2C(=O)c3cccc(C(=O)O)c3C2=O)cc1O. The zero-order valence-corrected chi connectivity index (χ0v) is 12.9. The molecule has 1 heterocycles. The first kappa shape index (κ1) is 16.5. The highest BCUT2D eigenvalue weighted by molar-refractivity contribution is 6.41. The fraction of sp³-hybridized carbons (Fsp3) is 0. The molecular weight excluding hydrogens is 354 g/mol. The summed E-state index contributed by atoms with van der Waals surface area (Å²) >= 11 is 5.96.